The van der Waals surface area contributed by atoms with E-state index in [2.05, 4.69) is 54.3 Å². The molecule has 23 heavy (non-hydrogen) atoms. The Morgan fingerprint density at radius 1 is 1.04 bits per heavy atom. The van der Waals surface area contributed by atoms with E-state index >= 15 is 0 Å². The molecule has 0 aromatic carbocycles. The molecule has 0 saturated carbocycles. The average Bonchev–Trinajstić information content (AvgIpc) is 2.48. The Hall–Kier alpha value is -0.260. The zero-order valence-corrected chi connectivity index (χ0v) is 16.3. The fourth-order valence-electron chi connectivity index (χ4n) is 3.33. The quantitative estimate of drug-likeness (QED) is 0.767. The minimum Gasteiger partial charge on any atom is -0.340 e. The van der Waals surface area contributed by atoms with Gasteiger partial charge in [-0.3, -0.25) is 4.79 Å². The van der Waals surface area contributed by atoms with Gasteiger partial charge in [0.15, 0.2) is 0 Å². The Balaban J connectivity index is 1.62. The van der Waals surface area contributed by atoms with Crippen molar-refractivity contribution < 1.29 is 4.79 Å². The lowest BCUT2D eigenvalue weighted by atomic mass is 9.93. The van der Waals surface area contributed by atoms with Gasteiger partial charge in [0.05, 0.1) is 0 Å². The highest BCUT2D eigenvalue weighted by Crippen LogP contribution is 2.25. The number of amides is 1. The molecule has 0 aromatic heterocycles. The second-order valence-corrected chi connectivity index (χ2v) is 10.1. The molecule has 2 fully saturated rings. The Morgan fingerprint density at radius 2 is 1.65 bits per heavy atom. The van der Waals surface area contributed by atoms with Crippen LogP contribution in [0.5, 0.6) is 0 Å². The first kappa shape index (κ1) is 19.1. The van der Waals surface area contributed by atoms with Crippen molar-refractivity contribution in [3.63, 3.8) is 0 Å². The number of hydrogen-bond acceptors (Lipinski definition) is 4. The molecule has 2 aliphatic heterocycles. The number of carbonyl (C=O) groups excluding carboxylic acids is 1. The molecule has 0 atom stereocenters. The van der Waals surface area contributed by atoms with Crippen molar-refractivity contribution in [1.82, 2.24) is 14.7 Å². The SMILES string of the molecule is CN1CCN(C(=O)CC2CCN(CCSC(C)(C)C)CC2)CC1. The van der Waals surface area contributed by atoms with Gasteiger partial charge in [0, 0.05) is 49.6 Å². The summed E-state index contributed by atoms with van der Waals surface area (Å²) in [6.07, 6.45) is 3.16. The van der Waals surface area contributed by atoms with Crippen LogP contribution in [-0.2, 0) is 4.79 Å². The second kappa shape index (κ2) is 8.72. The monoisotopic (exact) mass is 341 g/mol. The van der Waals surface area contributed by atoms with Gasteiger partial charge in [0.1, 0.15) is 0 Å². The third-order valence-corrected chi connectivity index (χ3v) is 6.22. The van der Waals surface area contributed by atoms with Gasteiger partial charge in [-0.25, -0.2) is 0 Å². The molecule has 0 unspecified atom stereocenters. The summed E-state index contributed by atoms with van der Waals surface area (Å²) < 4.78 is 0.368. The van der Waals surface area contributed by atoms with Crippen LogP contribution >= 0.6 is 11.8 Å². The summed E-state index contributed by atoms with van der Waals surface area (Å²) in [5, 5.41) is 0. The predicted octanol–water partition coefficient (Wildman–Crippen LogP) is 2.39. The molecule has 0 bridgehead atoms. The Morgan fingerprint density at radius 3 is 2.22 bits per heavy atom. The molecule has 0 aromatic rings. The molecular formula is C18H35N3OS. The van der Waals surface area contributed by atoms with E-state index in [1.807, 2.05) is 0 Å². The molecule has 1 amide bonds. The maximum atomic E-state index is 12.4. The van der Waals surface area contributed by atoms with Crippen molar-refractivity contribution in [1.29, 1.82) is 0 Å². The van der Waals surface area contributed by atoms with Gasteiger partial charge in [-0.2, -0.15) is 11.8 Å². The maximum absolute atomic E-state index is 12.4. The number of likely N-dealkylation sites (tertiary alicyclic amines) is 1. The molecule has 2 saturated heterocycles. The molecule has 0 radical (unpaired) electrons. The van der Waals surface area contributed by atoms with Crippen molar-refractivity contribution in [2.45, 2.75) is 44.8 Å². The average molecular weight is 342 g/mol. The van der Waals surface area contributed by atoms with Gasteiger partial charge < -0.3 is 14.7 Å². The van der Waals surface area contributed by atoms with Gasteiger partial charge in [-0.1, -0.05) is 20.8 Å². The number of piperidine rings is 1. The highest BCUT2D eigenvalue weighted by atomic mass is 32.2. The van der Waals surface area contributed by atoms with E-state index in [1.54, 1.807) is 0 Å². The molecule has 0 aliphatic carbocycles. The van der Waals surface area contributed by atoms with E-state index in [1.165, 1.54) is 38.2 Å². The van der Waals surface area contributed by atoms with Crippen LogP contribution in [0.3, 0.4) is 0 Å². The van der Waals surface area contributed by atoms with Crippen LogP contribution < -0.4 is 0 Å². The predicted molar refractivity (Wildman–Crippen MR) is 100 cm³/mol. The fourth-order valence-corrected chi connectivity index (χ4v) is 4.29. The van der Waals surface area contributed by atoms with E-state index in [0.29, 0.717) is 16.6 Å². The van der Waals surface area contributed by atoms with Gasteiger partial charge in [-0.15, -0.1) is 0 Å². The number of rotatable bonds is 5. The van der Waals surface area contributed by atoms with Gasteiger partial charge >= 0.3 is 0 Å². The lowest BCUT2D eigenvalue weighted by molar-refractivity contribution is -0.134. The van der Waals surface area contributed by atoms with Crippen LogP contribution in [-0.4, -0.2) is 84.0 Å². The van der Waals surface area contributed by atoms with Crippen LogP contribution in [0.25, 0.3) is 0 Å². The molecule has 134 valence electrons. The van der Waals surface area contributed by atoms with Crippen LogP contribution in [0.1, 0.15) is 40.0 Å². The fraction of sp³-hybridized carbons (Fsp3) is 0.944. The minimum atomic E-state index is 0.368. The molecule has 4 nitrogen and oxygen atoms in total. The number of likely N-dealkylation sites (N-methyl/N-ethyl adjacent to an activating group) is 1. The van der Waals surface area contributed by atoms with E-state index in [-0.39, 0.29) is 0 Å². The first-order valence-corrected chi connectivity index (χ1v) is 10.1. The normalized spacial score (nSPS) is 22.5. The van der Waals surface area contributed by atoms with Gasteiger partial charge in [0.2, 0.25) is 5.91 Å². The van der Waals surface area contributed by atoms with Crippen LogP contribution in [0.2, 0.25) is 0 Å². The lowest BCUT2D eigenvalue weighted by Gasteiger charge is -2.35. The topological polar surface area (TPSA) is 26.8 Å². The number of piperazine rings is 1. The smallest absolute Gasteiger partial charge is 0.222 e. The summed E-state index contributed by atoms with van der Waals surface area (Å²) in [5.41, 5.74) is 0. The van der Waals surface area contributed by atoms with E-state index in [9.17, 15) is 4.79 Å². The van der Waals surface area contributed by atoms with Crippen molar-refractivity contribution in [2.24, 2.45) is 5.92 Å². The van der Waals surface area contributed by atoms with Crippen LogP contribution in [0, 0.1) is 5.92 Å². The number of carbonyl (C=O) groups is 1. The highest BCUT2D eigenvalue weighted by Gasteiger charge is 2.25. The van der Waals surface area contributed by atoms with Gasteiger partial charge in [0.25, 0.3) is 0 Å². The maximum Gasteiger partial charge on any atom is 0.222 e. The number of hydrogen-bond donors (Lipinski definition) is 0. The largest absolute Gasteiger partial charge is 0.340 e. The Bertz CT molecular complexity index is 367. The van der Waals surface area contributed by atoms with Crippen LogP contribution in [0.15, 0.2) is 0 Å². The first-order chi connectivity index (χ1) is 10.8. The van der Waals surface area contributed by atoms with Crippen molar-refractivity contribution in [3.8, 4) is 0 Å². The second-order valence-electron chi connectivity index (χ2n) is 8.13. The Labute approximate surface area is 146 Å². The summed E-state index contributed by atoms with van der Waals surface area (Å²) >= 11 is 2.05. The highest BCUT2D eigenvalue weighted by molar-refractivity contribution is 8.00. The molecule has 0 N–H and O–H groups in total. The van der Waals surface area contributed by atoms with Gasteiger partial charge in [-0.05, 0) is 38.9 Å². The molecule has 0 spiro atoms. The van der Waals surface area contributed by atoms with Crippen molar-refractivity contribution >= 4 is 17.7 Å². The summed E-state index contributed by atoms with van der Waals surface area (Å²) in [4.78, 5) is 19.4. The summed E-state index contributed by atoms with van der Waals surface area (Å²) in [5.74, 6) is 2.21. The molecular weight excluding hydrogens is 306 g/mol. The summed E-state index contributed by atoms with van der Waals surface area (Å²) in [7, 11) is 2.13. The minimum absolute atomic E-state index is 0.368. The Kier molecular flexibility index (Phi) is 7.23. The lowest BCUT2D eigenvalue weighted by Crippen LogP contribution is -2.47. The zero-order valence-electron chi connectivity index (χ0n) is 15.5. The van der Waals surface area contributed by atoms with Crippen molar-refractivity contribution in [3.05, 3.63) is 0 Å². The van der Waals surface area contributed by atoms with E-state index in [4.69, 9.17) is 0 Å². The summed E-state index contributed by atoms with van der Waals surface area (Å²) in [6, 6.07) is 0. The standard InChI is InChI=1S/C18H35N3OS/c1-18(2,3)23-14-13-20-7-5-16(6-8-20)15-17(22)21-11-9-19(4)10-12-21/h16H,5-15H2,1-4H3. The van der Waals surface area contributed by atoms with E-state index in [0.717, 1.165) is 32.6 Å². The summed E-state index contributed by atoms with van der Waals surface area (Å²) in [6.45, 7) is 14.3. The molecule has 5 heteroatoms. The van der Waals surface area contributed by atoms with Crippen LogP contribution in [0.4, 0.5) is 0 Å². The number of nitrogens with zero attached hydrogens (tertiary/aromatic N) is 3. The molecule has 2 aliphatic rings. The van der Waals surface area contributed by atoms with Crippen molar-refractivity contribution in [2.75, 3.05) is 58.6 Å². The molecule has 2 heterocycles. The zero-order chi connectivity index (χ0) is 16.9. The number of thioether (sulfide) groups is 1. The third-order valence-electron chi connectivity index (χ3n) is 4.97. The first-order valence-electron chi connectivity index (χ1n) is 9.16. The molecule has 2 rings (SSSR count). The van der Waals surface area contributed by atoms with E-state index < -0.39 is 0 Å². The third kappa shape index (κ3) is 7.02.